The monoisotopic (exact) mass is 389 g/mol. The van der Waals surface area contributed by atoms with Crippen molar-refractivity contribution in [1.29, 1.82) is 0 Å². The Morgan fingerprint density at radius 1 is 1.03 bits per heavy atom. The van der Waals surface area contributed by atoms with E-state index < -0.39 is 0 Å². The number of para-hydroxylation sites is 1. The molecular weight excluding hydrogens is 362 g/mol. The summed E-state index contributed by atoms with van der Waals surface area (Å²) >= 11 is 0. The molecule has 0 amide bonds. The predicted molar refractivity (Wildman–Crippen MR) is 113 cm³/mol. The van der Waals surface area contributed by atoms with E-state index in [4.69, 9.17) is 4.98 Å². The third-order valence-corrected chi connectivity index (χ3v) is 6.39. The van der Waals surface area contributed by atoms with E-state index in [1.54, 1.807) is 0 Å². The fourth-order valence-corrected chi connectivity index (χ4v) is 5.02. The van der Waals surface area contributed by atoms with Gasteiger partial charge in [0, 0.05) is 18.8 Å². The Hall–Kier alpha value is -2.60. The van der Waals surface area contributed by atoms with Crippen LogP contribution in [-0.2, 0) is 6.54 Å². The summed E-state index contributed by atoms with van der Waals surface area (Å²) in [6.45, 7) is 3.69. The molecule has 3 heterocycles. The summed E-state index contributed by atoms with van der Waals surface area (Å²) in [6.07, 6.45) is 8.50. The van der Waals surface area contributed by atoms with Crippen molar-refractivity contribution in [1.82, 2.24) is 24.4 Å². The van der Waals surface area contributed by atoms with E-state index in [0.29, 0.717) is 0 Å². The Balaban J connectivity index is 1.59. The lowest BCUT2D eigenvalue weighted by Gasteiger charge is -2.28. The van der Waals surface area contributed by atoms with Crippen LogP contribution in [0.2, 0.25) is 0 Å². The Bertz CT molecular complexity index is 1090. The van der Waals surface area contributed by atoms with Gasteiger partial charge in [-0.25, -0.2) is 15.0 Å². The number of hydrogen-bond donors (Lipinski definition) is 0. The SMILES string of the molecule is Cc1nccc(CN2CCCC2c2nc3ccccc3c(=O)n2C2CCCC2)n1. The van der Waals surface area contributed by atoms with Crippen LogP contribution < -0.4 is 5.56 Å². The molecule has 6 nitrogen and oxygen atoms in total. The molecule has 2 aromatic heterocycles. The van der Waals surface area contributed by atoms with E-state index in [0.717, 1.165) is 67.0 Å². The van der Waals surface area contributed by atoms with E-state index in [2.05, 4.69) is 14.9 Å². The van der Waals surface area contributed by atoms with Crippen molar-refractivity contribution in [3.63, 3.8) is 0 Å². The molecule has 1 saturated heterocycles. The number of fused-ring (bicyclic) bond motifs is 1. The molecule has 0 N–H and O–H groups in total. The fraction of sp³-hybridized carbons (Fsp3) is 0.478. The second-order valence-corrected chi connectivity index (χ2v) is 8.32. The zero-order valence-corrected chi connectivity index (χ0v) is 16.9. The molecule has 29 heavy (non-hydrogen) atoms. The van der Waals surface area contributed by atoms with E-state index in [1.807, 2.05) is 48.0 Å². The molecule has 1 atom stereocenters. The van der Waals surface area contributed by atoms with Gasteiger partial charge in [0.25, 0.3) is 5.56 Å². The standard InChI is InChI=1S/C23H27N5O/c1-16-24-13-12-17(25-16)15-27-14-6-11-21(27)22-26-20-10-5-4-9-19(20)23(29)28(22)18-7-2-3-8-18/h4-5,9-10,12-13,18,21H,2-3,6-8,11,14-15H2,1H3. The van der Waals surface area contributed by atoms with E-state index in [1.165, 1.54) is 12.8 Å². The summed E-state index contributed by atoms with van der Waals surface area (Å²) in [7, 11) is 0. The van der Waals surface area contributed by atoms with Crippen LogP contribution in [0.5, 0.6) is 0 Å². The second kappa shape index (κ2) is 7.67. The van der Waals surface area contributed by atoms with Crippen molar-refractivity contribution in [2.75, 3.05) is 6.54 Å². The first-order chi connectivity index (χ1) is 14.2. The van der Waals surface area contributed by atoms with Crippen molar-refractivity contribution in [2.24, 2.45) is 0 Å². The van der Waals surface area contributed by atoms with Gasteiger partial charge in [-0.15, -0.1) is 0 Å². The van der Waals surface area contributed by atoms with Crippen molar-refractivity contribution < 1.29 is 0 Å². The summed E-state index contributed by atoms with van der Waals surface area (Å²) in [4.78, 5) is 29.8. The van der Waals surface area contributed by atoms with Gasteiger partial charge in [-0.05, 0) is 57.4 Å². The first-order valence-corrected chi connectivity index (χ1v) is 10.7. The van der Waals surface area contributed by atoms with Gasteiger partial charge in [-0.2, -0.15) is 0 Å². The molecule has 2 fully saturated rings. The maximum absolute atomic E-state index is 13.5. The molecule has 0 radical (unpaired) electrons. The van der Waals surface area contributed by atoms with E-state index in [-0.39, 0.29) is 17.6 Å². The average Bonchev–Trinajstić information content (AvgIpc) is 3.40. The molecule has 3 aromatic rings. The molecule has 6 heteroatoms. The molecule has 2 aliphatic rings. The van der Waals surface area contributed by atoms with Crippen LogP contribution in [0.3, 0.4) is 0 Å². The number of aromatic nitrogens is 4. The molecule has 1 aliphatic heterocycles. The molecule has 0 bridgehead atoms. The highest BCUT2D eigenvalue weighted by atomic mass is 16.1. The number of rotatable bonds is 4. The van der Waals surface area contributed by atoms with Gasteiger partial charge < -0.3 is 0 Å². The highest BCUT2D eigenvalue weighted by Crippen LogP contribution is 2.36. The molecular formula is C23H27N5O. The van der Waals surface area contributed by atoms with Crippen LogP contribution in [-0.4, -0.2) is 31.0 Å². The number of aryl methyl sites for hydroxylation is 1. The lowest BCUT2D eigenvalue weighted by Crippen LogP contribution is -2.34. The van der Waals surface area contributed by atoms with Crippen LogP contribution in [0.25, 0.3) is 10.9 Å². The highest BCUT2D eigenvalue weighted by molar-refractivity contribution is 5.77. The lowest BCUT2D eigenvalue weighted by molar-refractivity contribution is 0.226. The Kier molecular flexibility index (Phi) is 4.87. The first kappa shape index (κ1) is 18.4. The first-order valence-electron chi connectivity index (χ1n) is 10.7. The summed E-state index contributed by atoms with van der Waals surface area (Å²) in [5.41, 5.74) is 1.97. The minimum atomic E-state index is 0.127. The Morgan fingerprint density at radius 3 is 2.69 bits per heavy atom. The van der Waals surface area contributed by atoms with Gasteiger partial charge in [0.05, 0.1) is 22.6 Å². The van der Waals surface area contributed by atoms with Gasteiger partial charge in [-0.1, -0.05) is 25.0 Å². The maximum atomic E-state index is 13.5. The minimum Gasteiger partial charge on any atom is -0.292 e. The molecule has 1 unspecified atom stereocenters. The minimum absolute atomic E-state index is 0.127. The van der Waals surface area contributed by atoms with Gasteiger partial charge in [0.2, 0.25) is 0 Å². The van der Waals surface area contributed by atoms with Crippen LogP contribution in [0.1, 0.15) is 68.0 Å². The van der Waals surface area contributed by atoms with Crippen molar-refractivity contribution in [2.45, 2.75) is 64.1 Å². The van der Waals surface area contributed by atoms with Crippen molar-refractivity contribution in [3.8, 4) is 0 Å². The summed E-state index contributed by atoms with van der Waals surface area (Å²) < 4.78 is 2.05. The van der Waals surface area contributed by atoms with Gasteiger partial charge in [0.1, 0.15) is 11.6 Å². The molecule has 150 valence electrons. The smallest absolute Gasteiger partial charge is 0.261 e. The third kappa shape index (κ3) is 3.46. The average molecular weight is 390 g/mol. The van der Waals surface area contributed by atoms with E-state index >= 15 is 0 Å². The topological polar surface area (TPSA) is 63.9 Å². The third-order valence-electron chi connectivity index (χ3n) is 6.39. The number of benzene rings is 1. The Morgan fingerprint density at radius 2 is 1.86 bits per heavy atom. The summed E-state index contributed by atoms with van der Waals surface area (Å²) in [6, 6.07) is 10.2. The lowest BCUT2D eigenvalue weighted by atomic mass is 10.1. The van der Waals surface area contributed by atoms with Gasteiger partial charge >= 0.3 is 0 Å². The van der Waals surface area contributed by atoms with Crippen molar-refractivity contribution >= 4 is 10.9 Å². The summed E-state index contributed by atoms with van der Waals surface area (Å²) in [5, 5.41) is 0.735. The van der Waals surface area contributed by atoms with E-state index in [9.17, 15) is 4.79 Å². The normalized spacial score (nSPS) is 20.7. The number of nitrogens with zero attached hydrogens (tertiary/aromatic N) is 5. The van der Waals surface area contributed by atoms with Crippen LogP contribution in [0, 0.1) is 6.92 Å². The molecule has 1 aliphatic carbocycles. The number of hydrogen-bond acceptors (Lipinski definition) is 5. The maximum Gasteiger partial charge on any atom is 0.261 e. The zero-order chi connectivity index (χ0) is 19.8. The van der Waals surface area contributed by atoms with Crippen LogP contribution >= 0.6 is 0 Å². The van der Waals surface area contributed by atoms with Gasteiger partial charge in [-0.3, -0.25) is 14.3 Å². The number of likely N-dealkylation sites (tertiary alicyclic amines) is 1. The van der Waals surface area contributed by atoms with Crippen LogP contribution in [0.15, 0.2) is 41.3 Å². The fourth-order valence-electron chi connectivity index (χ4n) is 5.02. The second-order valence-electron chi connectivity index (χ2n) is 8.32. The zero-order valence-electron chi connectivity index (χ0n) is 16.9. The quantitative estimate of drug-likeness (QED) is 0.676. The molecule has 1 aromatic carbocycles. The largest absolute Gasteiger partial charge is 0.292 e. The predicted octanol–water partition coefficient (Wildman–Crippen LogP) is 3.95. The summed E-state index contributed by atoms with van der Waals surface area (Å²) in [5.74, 6) is 1.74. The van der Waals surface area contributed by atoms with Crippen molar-refractivity contribution in [3.05, 3.63) is 64.2 Å². The molecule has 0 spiro atoms. The highest BCUT2D eigenvalue weighted by Gasteiger charge is 2.33. The van der Waals surface area contributed by atoms with Crippen LogP contribution in [0.4, 0.5) is 0 Å². The Labute approximate surface area is 170 Å². The molecule has 1 saturated carbocycles. The van der Waals surface area contributed by atoms with Gasteiger partial charge in [0.15, 0.2) is 0 Å². The molecule has 5 rings (SSSR count).